The summed E-state index contributed by atoms with van der Waals surface area (Å²) in [5.41, 5.74) is 5.79. The molecule has 0 bridgehead atoms. The Hall–Kier alpha value is -1.48. The van der Waals surface area contributed by atoms with Gasteiger partial charge in [-0.25, -0.2) is 0 Å². The molecule has 1 heterocycles. The minimum absolute atomic E-state index is 0.526. The molecule has 0 saturated heterocycles. The number of benzene rings is 1. The number of hydrogen-bond donors (Lipinski definition) is 1. The van der Waals surface area contributed by atoms with Crippen LogP contribution in [-0.2, 0) is 0 Å². The third-order valence-corrected chi connectivity index (χ3v) is 3.99. The average Bonchev–Trinajstić information content (AvgIpc) is 2.68. The van der Waals surface area contributed by atoms with E-state index in [1.807, 2.05) is 6.92 Å². The third kappa shape index (κ3) is 2.23. The highest BCUT2D eigenvalue weighted by Gasteiger charge is 2.19. The molecule has 104 valence electrons. The summed E-state index contributed by atoms with van der Waals surface area (Å²) in [7, 11) is 0. The average molecular weight is 261 g/mol. The zero-order chi connectivity index (χ0) is 14.2. The molecule has 3 heteroatoms. The van der Waals surface area contributed by atoms with Gasteiger partial charge in [-0.15, -0.1) is 0 Å². The smallest absolute Gasteiger partial charge is 0.141 e. The molecular weight excluding hydrogens is 238 g/mol. The standard InChI is InChI=1S/C16H23NO2/c1-7-17-8-18-15-10(3)9(2)11(4)16-14(15)12(5)13(6)19-16/h17H,7-8H2,1-6H3. The van der Waals surface area contributed by atoms with Gasteiger partial charge in [-0.05, 0) is 57.9 Å². The quantitative estimate of drug-likeness (QED) is 0.669. The van der Waals surface area contributed by atoms with E-state index in [0.29, 0.717) is 6.73 Å². The first-order valence-electron chi connectivity index (χ1n) is 6.82. The van der Waals surface area contributed by atoms with Crippen LogP contribution in [0, 0.1) is 34.6 Å². The summed E-state index contributed by atoms with van der Waals surface area (Å²) < 4.78 is 11.9. The first-order chi connectivity index (χ1) is 8.99. The molecule has 0 aliphatic carbocycles. The van der Waals surface area contributed by atoms with E-state index in [-0.39, 0.29) is 0 Å². The van der Waals surface area contributed by atoms with Crippen molar-refractivity contribution >= 4 is 11.0 Å². The zero-order valence-electron chi connectivity index (χ0n) is 12.7. The molecule has 0 aliphatic rings. The lowest BCUT2D eigenvalue weighted by Gasteiger charge is -2.15. The van der Waals surface area contributed by atoms with Gasteiger partial charge in [0.25, 0.3) is 0 Å². The largest absolute Gasteiger partial charge is 0.477 e. The van der Waals surface area contributed by atoms with E-state index in [4.69, 9.17) is 9.15 Å². The molecule has 1 aromatic heterocycles. The molecule has 0 unspecified atom stereocenters. The van der Waals surface area contributed by atoms with E-state index in [2.05, 4.69) is 39.9 Å². The van der Waals surface area contributed by atoms with Crippen molar-refractivity contribution in [2.24, 2.45) is 0 Å². The summed E-state index contributed by atoms with van der Waals surface area (Å²) in [6.45, 7) is 13.9. The van der Waals surface area contributed by atoms with Gasteiger partial charge in [0.05, 0.1) is 5.39 Å². The summed E-state index contributed by atoms with van der Waals surface area (Å²) in [6, 6.07) is 0. The number of rotatable bonds is 4. The summed E-state index contributed by atoms with van der Waals surface area (Å²) in [4.78, 5) is 0. The van der Waals surface area contributed by atoms with Crippen molar-refractivity contribution in [3.8, 4) is 5.75 Å². The van der Waals surface area contributed by atoms with E-state index >= 15 is 0 Å². The number of hydrogen-bond acceptors (Lipinski definition) is 3. The van der Waals surface area contributed by atoms with Crippen LogP contribution in [0.4, 0.5) is 0 Å². The van der Waals surface area contributed by atoms with Crippen molar-refractivity contribution in [1.29, 1.82) is 0 Å². The molecule has 0 aliphatic heterocycles. The number of aryl methyl sites for hydroxylation is 3. The number of nitrogens with one attached hydrogen (secondary N) is 1. The molecule has 3 nitrogen and oxygen atoms in total. The van der Waals surface area contributed by atoms with Gasteiger partial charge in [0.2, 0.25) is 0 Å². The fourth-order valence-electron chi connectivity index (χ4n) is 2.38. The van der Waals surface area contributed by atoms with Gasteiger partial charge in [-0.1, -0.05) is 6.92 Å². The molecule has 0 atom stereocenters. The summed E-state index contributed by atoms with van der Waals surface area (Å²) >= 11 is 0. The van der Waals surface area contributed by atoms with E-state index in [1.165, 1.54) is 22.3 Å². The Bertz CT molecular complexity index is 611. The Kier molecular flexibility index (Phi) is 3.85. The summed E-state index contributed by atoms with van der Waals surface area (Å²) in [5, 5.41) is 4.32. The van der Waals surface area contributed by atoms with Crippen molar-refractivity contribution in [3.63, 3.8) is 0 Å². The lowest BCUT2D eigenvalue weighted by molar-refractivity contribution is 0.288. The van der Waals surface area contributed by atoms with Crippen LogP contribution in [0.3, 0.4) is 0 Å². The van der Waals surface area contributed by atoms with Crippen LogP contribution < -0.4 is 10.1 Å². The number of furan rings is 1. The van der Waals surface area contributed by atoms with Gasteiger partial charge in [-0.3, -0.25) is 5.32 Å². The zero-order valence-corrected chi connectivity index (χ0v) is 12.7. The maximum absolute atomic E-state index is 5.95. The summed E-state index contributed by atoms with van der Waals surface area (Å²) in [5.74, 6) is 1.92. The highest BCUT2D eigenvalue weighted by atomic mass is 16.5. The van der Waals surface area contributed by atoms with E-state index < -0.39 is 0 Å². The molecule has 19 heavy (non-hydrogen) atoms. The Balaban J connectivity index is 2.65. The Labute approximate surface area is 114 Å². The highest BCUT2D eigenvalue weighted by molar-refractivity contribution is 5.93. The lowest BCUT2D eigenvalue weighted by atomic mass is 9.98. The predicted octanol–water partition coefficient (Wildman–Crippen LogP) is 3.92. The molecular formula is C16H23NO2. The van der Waals surface area contributed by atoms with Crippen molar-refractivity contribution < 1.29 is 9.15 Å². The van der Waals surface area contributed by atoms with Gasteiger partial charge in [0.1, 0.15) is 23.8 Å². The molecule has 1 aromatic carbocycles. The van der Waals surface area contributed by atoms with Crippen LogP contribution in [0.5, 0.6) is 5.75 Å². The Morgan fingerprint density at radius 2 is 1.63 bits per heavy atom. The van der Waals surface area contributed by atoms with Gasteiger partial charge < -0.3 is 9.15 Å². The second-order valence-electron chi connectivity index (χ2n) is 5.08. The first-order valence-corrected chi connectivity index (χ1v) is 6.82. The molecule has 1 N–H and O–H groups in total. The van der Waals surface area contributed by atoms with Crippen LogP contribution >= 0.6 is 0 Å². The molecule has 2 aromatic rings. The molecule has 0 amide bonds. The van der Waals surface area contributed by atoms with Crippen LogP contribution in [0.1, 0.15) is 34.9 Å². The van der Waals surface area contributed by atoms with Crippen LogP contribution in [-0.4, -0.2) is 13.3 Å². The summed E-state index contributed by atoms with van der Waals surface area (Å²) in [6.07, 6.45) is 0. The van der Waals surface area contributed by atoms with E-state index in [9.17, 15) is 0 Å². The normalized spacial score (nSPS) is 11.3. The monoisotopic (exact) mass is 261 g/mol. The Morgan fingerprint density at radius 3 is 2.26 bits per heavy atom. The predicted molar refractivity (Wildman–Crippen MR) is 79.1 cm³/mol. The molecule has 0 fully saturated rings. The highest BCUT2D eigenvalue weighted by Crippen LogP contribution is 2.39. The molecule has 0 saturated carbocycles. The van der Waals surface area contributed by atoms with Gasteiger partial charge in [0.15, 0.2) is 0 Å². The minimum atomic E-state index is 0.526. The van der Waals surface area contributed by atoms with Gasteiger partial charge >= 0.3 is 0 Å². The van der Waals surface area contributed by atoms with Crippen molar-refractivity contribution in [1.82, 2.24) is 5.32 Å². The van der Waals surface area contributed by atoms with E-state index in [0.717, 1.165) is 29.0 Å². The maximum atomic E-state index is 5.95. The van der Waals surface area contributed by atoms with Gasteiger partial charge in [-0.2, -0.15) is 0 Å². The Morgan fingerprint density at radius 1 is 0.947 bits per heavy atom. The fraction of sp³-hybridized carbons (Fsp3) is 0.500. The van der Waals surface area contributed by atoms with Gasteiger partial charge in [0, 0.05) is 5.56 Å². The lowest BCUT2D eigenvalue weighted by Crippen LogP contribution is -2.19. The second-order valence-corrected chi connectivity index (χ2v) is 5.08. The van der Waals surface area contributed by atoms with Crippen LogP contribution in [0.25, 0.3) is 11.0 Å². The van der Waals surface area contributed by atoms with Crippen molar-refractivity contribution in [3.05, 3.63) is 28.0 Å². The third-order valence-electron chi connectivity index (χ3n) is 3.99. The van der Waals surface area contributed by atoms with E-state index in [1.54, 1.807) is 0 Å². The molecule has 0 radical (unpaired) electrons. The molecule has 2 rings (SSSR count). The fourth-order valence-corrected chi connectivity index (χ4v) is 2.38. The van der Waals surface area contributed by atoms with Crippen molar-refractivity contribution in [2.75, 3.05) is 13.3 Å². The topological polar surface area (TPSA) is 34.4 Å². The molecule has 0 spiro atoms. The second kappa shape index (κ2) is 5.25. The number of ether oxygens (including phenoxy) is 1. The SMILES string of the molecule is CCNCOc1c(C)c(C)c(C)c2oc(C)c(C)c12. The minimum Gasteiger partial charge on any atom is -0.477 e. The van der Waals surface area contributed by atoms with Crippen LogP contribution in [0.15, 0.2) is 4.42 Å². The maximum Gasteiger partial charge on any atom is 0.141 e. The van der Waals surface area contributed by atoms with Crippen LogP contribution in [0.2, 0.25) is 0 Å². The number of fused-ring (bicyclic) bond motifs is 1. The first kappa shape index (κ1) is 13.9. The van der Waals surface area contributed by atoms with Crippen molar-refractivity contribution in [2.45, 2.75) is 41.5 Å².